The van der Waals surface area contributed by atoms with Crippen LogP contribution in [-0.2, 0) is 11.2 Å². The lowest BCUT2D eigenvalue weighted by molar-refractivity contribution is 0.0525. The van der Waals surface area contributed by atoms with Gasteiger partial charge in [-0.05, 0) is 59.7 Å². The minimum Gasteiger partial charge on any atom is -0.462 e. The van der Waals surface area contributed by atoms with Gasteiger partial charge in [0.05, 0.1) is 40.7 Å². The Bertz CT molecular complexity index is 2070. The molecule has 0 saturated heterocycles. The van der Waals surface area contributed by atoms with Crippen LogP contribution < -0.4 is 16.6 Å². The SMILES string of the molecule is CCCc1nc2cccc(C(=O)Nc3ncc(C(=O)OCC)cn3)c2c(=O)n1-c1ccccc1.Nc1ncnc2c1ncn2PI. The number of ether oxygens (including phenoxy) is 1. The van der Waals surface area contributed by atoms with Crippen molar-refractivity contribution in [3.05, 3.63) is 101 Å². The number of nitrogens with zero attached hydrogens (tertiary/aromatic N) is 8. The van der Waals surface area contributed by atoms with Gasteiger partial charge in [0.15, 0.2) is 17.0 Å². The number of halogens is 1. The number of carbonyl (C=O) groups is 2. The zero-order valence-electron chi connectivity index (χ0n) is 24.7. The maximum Gasteiger partial charge on any atom is 0.341 e. The fourth-order valence-corrected chi connectivity index (χ4v) is 5.90. The molecule has 46 heavy (non-hydrogen) atoms. The number of benzene rings is 2. The van der Waals surface area contributed by atoms with E-state index in [1.54, 1.807) is 36.0 Å². The molecule has 0 saturated carbocycles. The van der Waals surface area contributed by atoms with E-state index in [4.69, 9.17) is 15.5 Å². The highest BCUT2D eigenvalue weighted by molar-refractivity contribution is 14.2. The first-order valence-corrected chi connectivity index (χ1v) is 18.1. The highest BCUT2D eigenvalue weighted by Crippen LogP contribution is 2.28. The van der Waals surface area contributed by atoms with Crippen LogP contribution in [-0.4, -0.2) is 57.3 Å². The van der Waals surface area contributed by atoms with Crippen LogP contribution in [0.2, 0.25) is 0 Å². The third kappa shape index (κ3) is 7.00. The van der Waals surface area contributed by atoms with Crippen molar-refractivity contribution >= 4 is 74.1 Å². The molecule has 0 bridgehead atoms. The Kier molecular flexibility index (Phi) is 10.5. The average Bonchev–Trinajstić information content (AvgIpc) is 3.50. The number of amides is 1. The standard InChI is InChI=1S/C25H23N5O4.C5H5IN5P/c1-3-9-20-28-19-13-8-12-18(21(19)23(32)30(20)17-10-6-5-7-11-17)22(31)29-25-26-14-16(15-27-25)24(33)34-4-2;6-12-11-2-10-3-4(7)8-1-9-5(3)11/h5-8,10-15H,3-4,9H2,1-2H3,(H,26,27,29,31);1-2,12H,(H2,7,8,9). The smallest absolute Gasteiger partial charge is 0.341 e. The fraction of sp³-hybridized carbons (Fsp3) is 0.167. The van der Waals surface area contributed by atoms with E-state index in [1.807, 2.05) is 41.6 Å². The molecule has 1 atom stereocenters. The average molecular weight is 750 g/mol. The molecule has 0 fully saturated rings. The summed E-state index contributed by atoms with van der Waals surface area (Å²) in [6.07, 6.45) is 7.71. The van der Waals surface area contributed by atoms with Gasteiger partial charge >= 0.3 is 5.97 Å². The largest absolute Gasteiger partial charge is 0.462 e. The van der Waals surface area contributed by atoms with Gasteiger partial charge in [-0.2, -0.15) is 0 Å². The molecule has 1 unspecified atom stereocenters. The summed E-state index contributed by atoms with van der Waals surface area (Å²) < 4.78 is 8.39. The minimum absolute atomic E-state index is 0.00556. The molecule has 1 amide bonds. The Morgan fingerprint density at radius 1 is 1.00 bits per heavy atom. The summed E-state index contributed by atoms with van der Waals surface area (Å²) in [5, 5.41) is 2.79. The number of hydrogen-bond donors (Lipinski definition) is 2. The number of para-hydroxylation sites is 1. The molecular formula is C30H28IN10O4P. The first-order valence-electron chi connectivity index (χ1n) is 14.1. The molecule has 0 aliphatic heterocycles. The number of esters is 1. The lowest BCUT2D eigenvalue weighted by atomic mass is 10.1. The second kappa shape index (κ2) is 14.9. The molecule has 6 aromatic rings. The maximum absolute atomic E-state index is 13.6. The number of rotatable bonds is 8. The number of hydrogen-bond acceptors (Lipinski definition) is 11. The van der Waals surface area contributed by atoms with E-state index in [0.717, 1.165) is 12.1 Å². The Hall–Kier alpha value is -4.89. The third-order valence-electron chi connectivity index (χ3n) is 6.54. The van der Waals surface area contributed by atoms with E-state index in [-0.39, 0.29) is 34.6 Å². The topological polar surface area (TPSA) is 186 Å². The fourth-order valence-electron chi connectivity index (χ4n) is 4.50. The zero-order valence-corrected chi connectivity index (χ0v) is 27.9. The summed E-state index contributed by atoms with van der Waals surface area (Å²) in [7, 11) is 0. The number of carbonyl (C=O) groups excluding carboxylic acids is 2. The van der Waals surface area contributed by atoms with E-state index in [2.05, 4.69) is 52.3 Å². The van der Waals surface area contributed by atoms with Gasteiger partial charge in [-0.15, -0.1) is 0 Å². The molecule has 6 rings (SSSR count). The van der Waals surface area contributed by atoms with Crippen LogP contribution in [0, 0.1) is 0 Å². The molecule has 3 N–H and O–H groups in total. The van der Waals surface area contributed by atoms with Crippen molar-refractivity contribution in [2.75, 3.05) is 17.7 Å². The summed E-state index contributed by atoms with van der Waals surface area (Å²) in [6.45, 7) is 3.94. The van der Waals surface area contributed by atoms with Crippen molar-refractivity contribution in [1.29, 1.82) is 0 Å². The summed E-state index contributed by atoms with van der Waals surface area (Å²) in [5.41, 5.74) is 8.19. The summed E-state index contributed by atoms with van der Waals surface area (Å²) in [6, 6.07) is 14.2. The monoisotopic (exact) mass is 750 g/mol. The predicted molar refractivity (Wildman–Crippen MR) is 185 cm³/mol. The minimum atomic E-state index is -0.559. The van der Waals surface area contributed by atoms with Crippen LogP contribution >= 0.6 is 28.4 Å². The number of imidazole rings is 1. The number of fused-ring (bicyclic) bond motifs is 2. The van der Waals surface area contributed by atoms with Crippen molar-refractivity contribution in [2.45, 2.75) is 26.7 Å². The maximum atomic E-state index is 13.6. The van der Waals surface area contributed by atoms with E-state index >= 15 is 0 Å². The second-order valence-electron chi connectivity index (χ2n) is 9.55. The van der Waals surface area contributed by atoms with Crippen molar-refractivity contribution in [3.8, 4) is 5.69 Å². The van der Waals surface area contributed by atoms with Gasteiger partial charge in [0.25, 0.3) is 11.5 Å². The molecule has 0 aliphatic rings. The highest BCUT2D eigenvalue weighted by Gasteiger charge is 2.19. The van der Waals surface area contributed by atoms with Crippen molar-refractivity contribution in [2.24, 2.45) is 0 Å². The van der Waals surface area contributed by atoms with Gasteiger partial charge in [-0.25, -0.2) is 34.7 Å². The van der Waals surface area contributed by atoms with Crippen LogP contribution in [0.3, 0.4) is 0 Å². The van der Waals surface area contributed by atoms with Gasteiger partial charge in [0.1, 0.15) is 18.5 Å². The molecule has 0 radical (unpaired) electrons. The molecule has 4 aromatic heterocycles. The Labute approximate surface area is 277 Å². The Morgan fingerprint density at radius 2 is 1.76 bits per heavy atom. The summed E-state index contributed by atoms with van der Waals surface area (Å²) in [5.74, 6) is -0.0508. The van der Waals surface area contributed by atoms with Gasteiger partial charge in [-0.3, -0.25) is 23.8 Å². The molecule has 0 spiro atoms. The quantitative estimate of drug-likeness (QED) is 0.124. The third-order valence-corrected chi connectivity index (χ3v) is 8.61. The van der Waals surface area contributed by atoms with Crippen molar-refractivity contribution < 1.29 is 14.3 Å². The zero-order chi connectivity index (χ0) is 32.6. The van der Waals surface area contributed by atoms with Crippen LogP contribution in [0.5, 0.6) is 0 Å². The van der Waals surface area contributed by atoms with E-state index < -0.39 is 11.9 Å². The van der Waals surface area contributed by atoms with E-state index in [1.165, 1.54) is 18.7 Å². The van der Waals surface area contributed by atoms with Gasteiger partial charge in [0, 0.05) is 18.8 Å². The molecule has 234 valence electrons. The molecule has 0 aliphatic carbocycles. The summed E-state index contributed by atoms with van der Waals surface area (Å²) >= 11 is 2.26. The van der Waals surface area contributed by atoms with Gasteiger partial charge < -0.3 is 10.5 Å². The lowest BCUT2D eigenvalue weighted by Crippen LogP contribution is -2.26. The molecule has 16 heteroatoms. The van der Waals surface area contributed by atoms with Crippen molar-refractivity contribution in [1.82, 2.24) is 38.8 Å². The van der Waals surface area contributed by atoms with Crippen LogP contribution in [0.15, 0.2) is 78.4 Å². The molecule has 2 aromatic carbocycles. The second-order valence-corrected chi connectivity index (χ2v) is 11.7. The first-order chi connectivity index (χ1) is 22.4. The normalized spacial score (nSPS) is 11.0. The lowest BCUT2D eigenvalue weighted by Gasteiger charge is -2.14. The number of nitrogens with one attached hydrogen (secondary N) is 1. The highest BCUT2D eigenvalue weighted by atomic mass is 127. The number of anilines is 2. The van der Waals surface area contributed by atoms with Crippen LogP contribution in [0.25, 0.3) is 27.8 Å². The van der Waals surface area contributed by atoms with E-state index in [0.29, 0.717) is 41.2 Å². The van der Waals surface area contributed by atoms with Gasteiger partial charge in [0.2, 0.25) is 5.95 Å². The predicted octanol–water partition coefficient (Wildman–Crippen LogP) is 4.76. The first kappa shape index (κ1) is 32.5. The Balaban J connectivity index is 0.000000289. The Morgan fingerprint density at radius 3 is 2.46 bits per heavy atom. The van der Waals surface area contributed by atoms with Crippen molar-refractivity contribution in [3.63, 3.8) is 0 Å². The van der Waals surface area contributed by atoms with Crippen LogP contribution in [0.4, 0.5) is 11.8 Å². The molecular weight excluding hydrogens is 722 g/mol. The van der Waals surface area contributed by atoms with Crippen LogP contribution in [0.1, 0.15) is 46.8 Å². The number of nitrogen functional groups attached to an aromatic ring is 1. The molecule has 4 heterocycles. The van der Waals surface area contributed by atoms with Gasteiger partial charge in [-0.1, -0.05) is 31.2 Å². The number of aromatic nitrogens is 8. The summed E-state index contributed by atoms with van der Waals surface area (Å²) in [4.78, 5) is 63.3. The number of aryl methyl sites for hydroxylation is 1. The van der Waals surface area contributed by atoms with E-state index in [9.17, 15) is 14.4 Å². The molecule has 14 nitrogen and oxygen atoms in total. The number of nitrogens with two attached hydrogens (primary N) is 1.